The summed E-state index contributed by atoms with van der Waals surface area (Å²) in [6, 6.07) is 8.68. The Kier molecular flexibility index (Phi) is 3.07. The normalized spacial score (nSPS) is 23.4. The number of hydrogen-bond acceptors (Lipinski definition) is 4. The van der Waals surface area contributed by atoms with Crippen molar-refractivity contribution in [3.63, 3.8) is 0 Å². The maximum absolute atomic E-state index is 5.92. The fourth-order valence-corrected chi connectivity index (χ4v) is 3.64. The zero-order valence-corrected chi connectivity index (χ0v) is 12.2. The molecule has 4 heteroatoms. The SMILES string of the molecule is NCC1(c2nc(C3CCc4ccccc4C3)no2)CCC1. The topological polar surface area (TPSA) is 64.9 Å². The largest absolute Gasteiger partial charge is 0.339 e. The summed E-state index contributed by atoms with van der Waals surface area (Å²) in [7, 11) is 0. The van der Waals surface area contributed by atoms with Crippen molar-refractivity contribution >= 4 is 0 Å². The van der Waals surface area contributed by atoms with Gasteiger partial charge in [-0.2, -0.15) is 4.98 Å². The predicted molar refractivity (Wildman–Crippen MR) is 80.1 cm³/mol. The molecule has 2 aliphatic carbocycles. The Morgan fingerprint density at radius 1 is 1.24 bits per heavy atom. The molecule has 0 bridgehead atoms. The third-order valence-corrected chi connectivity index (χ3v) is 5.31. The van der Waals surface area contributed by atoms with Gasteiger partial charge in [-0.15, -0.1) is 0 Å². The van der Waals surface area contributed by atoms with Gasteiger partial charge < -0.3 is 10.3 Å². The summed E-state index contributed by atoms with van der Waals surface area (Å²) in [4.78, 5) is 4.71. The lowest BCUT2D eigenvalue weighted by atomic mass is 9.68. The summed E-state index contributed by atoms with van der Waals surface area (Å²) < 4.78 is 5.56. The lowest BCUT2D eigenvalue weighted by Gasteiger charge is -2.36. The van der Waals surface area contributed by atoms with E-state index in [4.69, 9.17) is 15.2 Å². The first kappa shape index (κ1) is 13.0. The van der Waals surface area contributed by atoms with Crippen LogP contribution in [0.5, 0.6) is 0 Å². The van der Waals surface area contributed by atoms with E-state index in [1.807, 2.05) is 0 Å². The molecule has 1 atom stereocenters. The Bertz CT molecular complexity index is 639. The van der Waals surface area contributed by atoms with Gasteiger partial charge in [-0.1, -0.05) is 35.8 Å². The molecular weight excluding hydrogens is 262 g/mol. The summed E-state index contributed by atoms with van der Waals surface area (Å²) >= 11 is 0. The molecule has 1 aromatic heterocycles. The van der Waals surface area contributed by atoms with E-state index in [-0.39, 0.29) is 5.41 Å². The molecule has 4 rings (SSSR count). The van der Waals surface area contributed by atoms with Gasteiger partial charge in [0.15, 0.2) is 5.82 Å². The monoisotopic (exact) mass is 283 g/mol. The first-order valence-corrected chi connectivity index (χ1v) is 7.92. The molecule has 1 heterocycles. The van der Waals surface area contributed by atoms with Crippen LogP contribution in [0.2, 0.25) is 0 Å². The van der Waals surface area contributed by atoms with E-state index in [1.54, 1.807) is 0 Å². The lowest BCUT2D eigenvalue weighted by molar-refractivity contribution is 0.181. The Labute approximate surface area is 124 Å². The lowest BCUT2D eigenvalue weighted by Crippen LogP contribution is -2.41. The van der Waals surface area contributed by atoms with Crippen LogP contribution in [0.1, 0.15) is 54.4 Å². The molecule has 1 aromatic carbocycles. The number of benzene rings is 1. The molecule has 21 heavy (non-hydrogen) atoms. The molecular formula is C17H21N3O. The van der Waals surface area contributed by atoms with Crippen LogP contribution in [-0.2, 0) is 18.3 Å². The number of nitrogens with two attached hydrogens (primary N) is 1. The number of nitrogens with zero attached hydrogens (tertiary/aromatic N) is 2. The van der Waals surface area contributed by atoms with E-state index in [2.05, 4.69) is 29.4 Å². The van der Waals surface area contributed by atoms with Crippen molar-refractivity contribution < 1.29 is 4.52 Å². The molecule has 1 fully saturated rings. The number of aryl methyl sites for hydroxylation is 1. The Hall–Kier alpha value is -1.68. The highest BCUT2D eigenvalue weighted by Crippen LogP contribution is 2.42. The van der Waals surface area contributed by atoms with Crippen LogP contribution in [0, 0.1) is 0 Å². The summed E-state index contributed by atoms with van der Waals surface area (Å²) in [5.74, 6) is 2.02. The van der Waals surface area contributed by atoms with Gasteiger partial charge in [0.05, 0.1) is 5.41 Å². The maximum Gasteiger partial charge on any atom is 0.234 e. The molecule has 4 nitrogen and oxygen atoms in total. The van der Waals surface area contributed by atoms with Gasteiger partial charge >= 0.3 is 0 Å². The van der Waals surface area contributed by atoms with Crippen molar-refractivity contribution in [3.8, 4) is 0 Å². The number of rotatable bonds is 3. The molecule has 2 aromatic rings. The van der Waals surface area contributed by atoms with Crippen molar-refractivity contribution in [1.29, 1.82) is 0 Å². The Balaban J connectivity index is 1.57. The Morgan fingerprint density at radius 2 is 2.05 bits per heavy atom. The second-order valence-electron chi connectivity index (χ2n) is 6.50. The fraction of sp³-hybridized carbons (Fsp3) is 0.529. The summed E-state index contributed by atoms with van der Waals surface area (Å²) in [5.41, 5.74) is 8.79. The highest BCUT2D eigenvalue weighted by molar-refractivity contribution is 5.31. The molecule has 0 spiro atoms. The van der Waals surface area contributed by atoms with Gasteiger partial charge in [-0.3, -0.25) is 0 Å². The van der Waals surface area contributed by atoms with Crippen LogP contribution < -0.4 is 5.73 Å². The van der Waals surface area contributed by atoms with E-state index in [0.29, 0.717) is 12.5 Å². The molecule has 0 aliphatic heterocycles. The third-order valence-electron chi connectivity index (χ3n) is 5.31. The zero-order chi connectivity index (χ0) is 14.3. The van der Waals surface area contributed by atoms with Crippen molar-refractivity contribution in [3.05, 3.63) is 47.1 Å². The predicted octanol–water partition coefficient (Wildman–Crippen LogP) is 2.72. The van der Waals surface area contributed by atoms with Crippen molar-refractivity contribution in [2.45, 2.75) is 49.9 Å². The minimum absolute atomic E-state index is 0.0299. The van der Waals surface area contributed by atoms with Gasteiger partial charge in [0, 0.05) is 12.5 Å². The molecule has 0 amide bonds. The average Bonchev–Trinajstić information content (AvgIpc) is 2.96. The van der Waals surface area contributed by atoms with Gasteiger partial charge in [0.2, 0.25) is 5.89 Å². The Morgan fingerprint density at radius 3 is 2.76 bits per heavy atom. The van der Waals surface area contributed by atoms with E-state index in [1.165, 1.54) is 17.5 Å². The summed E-state index contributed by atoms with van der Waals surface area (Å²) in [6.45, 7) is 0.613. The van der Waals surface area contributed by atoms with E-state index in [0.717, 1.165) is 43.8 Å². The van der Waals surface area contributed by atoms with Crippen LogP contribution >= 0.6 is 0 Å². The first-order chi connectivity index (χ1) is 10.3. The van der Waals surface area contributed by atoms with Crippen LogP contribution in [0.25, 0.3) is 0 Å². The number of aromatic nitrogens is 2. The van der Waals surface area contributed by atoms with E-state index < -0.39 is 0 Å². The second kappa shape index (κ2) is 4.95. The molecule has 0 radical (unpaired) electrons. The number of hydrogen-bond donors (Lipinski definition) is 1. The third kappa shape index (κ3) is 2.09. The smallest absolute Gasteiger partial charge is 0.234 e. The standard InChI is InChI=1S/C17H21N3O/c18-11-17(8-3-9-17)16-19-15(20-21-16)14-7-6-12-4-1-2-5-13(12)10-14/h1-2,4-5,14H,3,6-11,18H2. The van der Waals surface area contributed by atoms with Gasteiger partial charge in [0.1, 0.15) is 0 Å². The first-order valence-electron chi connectivity index (χ1n) is 7.92. The molecule has 2 aliphatic rings. The number of fused-ring (bicyclic) bond motifs is 1. The van der Waals surface area contributed by atoms with Crippen LogP contribution in [0.3, 0.4) is 0 Å². The van der Waals surface area contributed by atoms with Crippen LogP contribution in [0.15, 0.2) is 28.8 Å². The fourth-order valence-electron chi connectivity index (χ4n) is 3.64. The van der Waals surface area contributed by atoms with Crippen LogP contribution in [-0.4, -0.2) is 16.7 Å². The van der Waals surface area contributed by atoms with Gasteiger partial charge in [-0.25, -0.2) is 0 Å². The van der Waals surface area contributed by atoms with Crippen molar-refractivity contribution in [1.82, 2.24) is 10.1 Å². The second-order valence-corrected chi connectivity index (χ2v) is 6.50. The summed E-state index contributed by atoms with van der Waals surface area (Å²) in [6.07, 6.45) is 6.60. The van der Waals surface area contributed by atoms with E-state index in [9.17, 15) is 0 Å². The van der Waals surface area contributed by atoms with Crippen LogP contribution in [0.4, 0.5) is 0 Å². The average molecular weight is 283 g/mol. The van der Waals surface area contributed by atoms with Gasteiger partial charge in [-0.05, 0) is 43.2 Å². The zero-order valence-electron chi connectivity index (χ0n) is 12.2. The maximum atomic E-state index is 5.92. The van der Waals surface area contributed by atoms with Gasteiger partial charge in [0.25, 0.3) is 0 Å². The highest BCUT2D eigenvalue weighted by Gasteiger charge is 2.43. The molecule has 1 unspecified atom stereocenters. The van der Waals surface area contributed by atoms with Crippen molar-refractivity contribution in [2.75, 3.05) is 6.54 Å². The molecule has 110 valence electrons. The molecule has 0 saturated heterocycles. The minimum Gasteiger partial charge on any atom is -0.339 e. The quantitative estimate of drug-likeness (QED) is 0.940. The highest BCUT2D eigenvalue weighted by atomic mass is 16.5. The molecule has 2 N–H and O–H groups in total. The molecule has 1 saturated carbocycles. The van der Waals surface area contributed by atoms with E-state index >= 15 is 0 Å². The van der Waals surface area contributed by atoms with Crippen molar-refractivity contribution in [2.24, 2.45) is 5.73 Å². The minimum atomic E-state index is -0.0299. The summed E-state index contributed by atoms with van der Waals surface area (Å²) in [5, 5.41) is 4.27.